The molecule has 0 unspecified atom stereocenters. The minimum absolute atomic E-state index is 0.0630. The van der Waals surface area contributed by atoms with Gasteiger partial charge in [0, 0.05) is 19.3 Å². The van der Waals surface area contributed by atoms with Crippen LogP contribution < -0.4 is 0 Å². The van der Waals surface area contributed by atoms with Gasteiger partial charge in [-0.05, 0) is 23.8 Å². The van der Waals surface area contributed by atoms with Gasteiger partial charge >= 0.3 is 6.18 Å². The van der Waals surface area contributed by atoms with E-state index in [1.807, 2.05) is 12.1 Å². The van der Waals surface area contributed by atoms with Gasteiger partial charge in [0.25, 0.3) is 0 Å². The normalized spacial score (nSPS) is 11.1. The van der Waals surface area contributed by atoms with Gasteiger partial charge in [-0.3, -0.25) is 0 Å². The van der Waals surface area contributed by atoms with Crippen LogP contribution in [0.25, 0.3) is 0 Å². The Bertz CT molecular complexity index is 845. The van der Waals surface area contributed by atoms with Crippen molar-refractivity contribution < 1.29 is 17.6 Å². The number of halogens is 3. The third-order valence-electron chi connectivity index (χ3n) is 3.60. The van der Waals surface area contributed by atoms with Crippen LogP contribution in [-0.4, -0.2) is 0 Å². The number of furan rings is 1. The summed E-state index contributed by atoms with van der Waals surface area (Å²) in [7, 11) is 0. The molecule has 1 heterocycles. The quantitative estimate of drug-likeness (QED) is 0.768. The van der Waals surface area contributed by atoms with Gasteiger partial charge in [0.05, 0.1) is 24.0 Å². The summed E-state index contributed by atoms with van der Waals surface area (Å²) in [6.45, 7) is 0. The van der Waals surface area contributed by atoms with E-state index in [1.54, 1.807) is 12.1 Å². The summed E-state index contributed by atoms with van der Waals surface area (Å²) in [6.07, 6.45) is -3.12. The van der Waals surface area contributed by atoms with Crippen molar-refractivity contribution in [1.82, 2.24) is 0 Å². The van der Waals surface area contributed by atoms with E-state index in [4.69, 9.17) is 4.42 Å². The standard InChI is InChI=1S/C19H13F3N2O/c20-19(21,22)17-9-2-1-6-15(17)7-3-4-10-18(13-23,14-24)12-16-8-5-11-25-16/h1-2,5-6,8-9,11H,7,10,12H2. The van der Waals surface area contributed by atoms with Gasteiger partial charge in [0.2, 0.25) is 0 Å². The molecule has 1 aromatic heterocycles. The monoisotopic (exact) mass is 342 g/mol. The Morgan fingerprint density at radius 1 is 0.960 bits per heavy atom. The van der Waals surface area contributed by atoms with Gasteiger partial charge in [-0.15, -0.1) is 5.92 Å². The summed E-state index contributed by atoms with van der Waals surface area (Å²) in [5, 5.41) is 18.6. The molecule has 126 valence electrons. The van der Waals surface area contributed by atoms with Crippen LogP contribution in [-0.2, 0) is 19.0 Å². The molecule has 0 saturated heterocycles. The maximum atomic E-state index is 12.9. The molecule has 3 nitrogen and oxygen atoms in total. The third kappa shape index (κ3) is 4.66. The number of nitriles is 2. The van der Waals surface area contributed by atoms with Gasteiger partial charge in [-0.25, -0.2) is 0 Å². The van der Waals surface area contributed by atoms with E-state index in [0.29, 0.717) is 5.76 Å². The first-order valence-electron chi connectivity index (χ1n) is 7.36. The lowest BCUT2D eigenvalue weighted by atomic mass is 9.83. The first kappa shape index (κ1) is 18.2. The van der Waals surface area contributed by atoms with Crippen LogP contribution in [0.3, 0.4) is 0 Å². The van der Waals surface area contributed by atoms with Gasteiger partial charge in [0.1, 0.15) is 5.76 Å². The number of rotatable bonds is 4. The fraction of sp³-hybridized carbons (Fsp3) is 0.263. The van der Waals surface area contributed by atoms with Crippen LogP contribution in [0.5, 0.6) is 0 Å². The molecule has 0 fully saturated rings. The molecule has 1 aromatic carbocycles. The van der Waals surface area contributed by atoms with E-state index >= 15 is 0 Å². The number of alkyl halides is 3. The molecule has 0 radical (unpaired) electrons. The summed E-state index contributed by atoms with van der Waals surface area (Å²) in [5.74, 6) is 5.78. The number of nitrogens with zero attached hydrogens (tertiary/aromatic N) is 2. The number of hydrogen-bond acceptors (Lipinski definition) is 3. The van der Waals surface area contributed by atoms with Crippen molar-refractivity contribution >= 4 is 0 Å². The summed E-state index contributed by atoms with van der Waals surface area (Å²) in [4.78, 5) is 0. The molecule has 2 rings (SSSR count). The molecule has 0 amide bonds. The van der Waals surface area contributed by atoms with Crippen molar-refractivity contribution in [2.75, 3.05) is 0 Å². The highest BCUT2D eigenvalue weighted by Crippen LogP contribution is 2.32. The first-order chi connectivity index (χ1) is 11.9. The van der Waals surface area contributed by atoms with Crippen LogP contribution >= 0.6 is 0 Å². The summed E-state index contributed by atoms with van der Waals surface area (Å²) in [5.41, 5.74) is -2.06. The lowest BCUT2D eigenvalue weighted by Crippen LogP contribution is -2.18. The second-order valence-corrected chi connectivity index (χ2v) is 5.42. The predicted octanol–water partition coefficient (Wildman–Crippen LogP) is 4.51. The van der Waals surface area contributed by atoms with E-state index in [-0.39, 0.29) is 24.8 Å². The molecular weight excluding hydrogens is 329 g/mol. The highest BCUT2D eigenvalue weighted by Gasteiger charge is 2.33. The van der Waals surface area contributed by atoms with Crippen molar-refractivity contribution in [3.8, 4) is 24.0 Å². The molecule has 2 aromatic rings. The summed E-state index contributed by atoms with van der Waals surface area (Å²) >= 11 is 0. The molecular formula is C19H13F3N2O. The van der Waals surface area contributed by atoms with Crippen molar-refractivity contribution in [3.63, 3.8) is 0 Å². The molecule has 0 aliphatic carbocycles. The Morgan fingerprint density at radius 3 is 2.28 bits per heavy atom. The van der Waals surface area contributed by atoms with Crippen molar-refractivity contribution in [2.45, 2.75) is 25.4 Å². The van der Waals surface area contributed by atoms with Crippen molar-refractivity contribution in [1.29, 1.82) is 10.5 Å². The van der Waals surface area contributed by atoms with E-state index in [9.17, 15) is 23.7 Å². The van der Waals surface area contributed by atoms with Crippen LogP contribution in [0.15, 0.2) is 47.1 Å². The second kappa shape index (κ2) is 7.60. The Balaban J connectivity index is 2.12. The van der Waals surface area contributed by atoms with Crippen LogP contribution in [0, 0.1) is 39.9 Å². The summed E-state index contributed by atoms with van der Waals surface area (Å²) < 4.78 is 43.9. The first-order valence-corrected chi connectivity index (χ1v) is 7.36. The van der Waals surface area contributed by atoms with E-state index in [2.05, 4.69) is 11.8 Å². The highest BCUT2D eigenvalue weighted by atomic mass is 19.4. The average Bonchev–Trinajstić information content (AvgIpc) is 3.10. The SMILES string of the molecule is N#CC(C#N)(CC#CCc1ccccc1C(F)(F)F)Cc1ccco1. The van der Waals surface area contributed by atoms with Crippen LogP contribution in [0.1, 0.15) is 23.3 Å². The molecule has 0 saturated carbocycles. The van der Waals surface area contributed by atoms with Crippen molar-refractivity contribution in [2.24, 2.45) is 5.41 Å². The fourth-order valence-electron chi connectivity index (χ4n) is 2.28. The molecule has 0 atom stereocenters. The van der Waals surface area contributed by atoms with Crippen LogP contribution in [0.4, 0.5) is 13.2 Å². The molecule has 0 aliphatic rings. The minimum atomic E-state index is -4.44. The van der Waals surface area contributed by atoms with Gasteiger partial charge in [-0.1, -0.05) is 24.1 Å². The van der Waals surface area contributed by atoms with Gasteiger partial charge in [0.15, 0.2) is 5.41 Å². The molecule has 6 heteroatoms. The predicted molar refractivity (Wildman–Crippen MR) is 83.6 cm³/mol. The maximum Gasteiger partial charge on any atom is 0.416 e. The Hall–Kier alpha value is -3.17. The lowest BCUT2D eigenvalue weighted by Gasteiger charge is -2.13. The zero-order valence-electron chi connectivity index (χ0n) is 13.1. The fourth-order valence-corrected chi connectivity index (χ4v) is 2.28. The Labute approximate surface area is 143 Å². The van der Waals surface area contributed by atoms with Crippen LogP contribution in [0.2, 0.25) is 0 Å². The minimum Gasteiger partial charge on any atom is -0.469 e. The van der Waals surface area contributed by atoms with E-state index in [1.165, 1.54) is 24.5 Å². The van der Waals surface area contributed by atoms with Crippen molar-refractivity contribution in [3.05, 3.63) is 59.5 Å². The molecule has 0 bridgehead atoms. The zero-order chi connectivity index (χ0) is 18.3. The largest absolute Gasteiger partial charge is 0.469 e. The average molecular weight is 342 g/mol. The highest BCUT2D eigenvalue weighted by molar-refractivity contribution is 5.33. The Morgan fingerprint density at radius 2 is 1.68 bits per heavy atom. The molecule has 0 N–H and O–H groups in total. The number of hydrogen-bond donors (Lipinski definition) is 0. The second-order valence-electron chi connectivity index (χ2n) is 5.42. The smallest absolute Gasteiger partial charge is 0.416 e. The van der Waals surface area contributed by atoms with E-state index < -0.39 is 17.2 Å². The Kier molecular flexibility index (Phi) is 5.52. The zero-order valence-corrected chi connectivity index (χ0v) is 13.1. The van der Waals surface area contributed by atoms with Gasteiger partial charge < -0.3 is 4.42 Å². The van der Waals surface area contributed by atoms with E-state index in [0.717, 1.165) is 6.07 Å². The third-order valence-corrected chi connectivity index (χ3v) is 3.60. The molecule has 0 spiro atoms. The maximum absolute atomic E-state index is 12.9. The topological polar surface area (TPSA) is 60.7 Å². The van der Waals surface area contributed by atoms with Gasteiger partial charge in [-0.2, -0.15) is 23.7 Å². The molecule has 25 heavy (non-hydrogen) atoms. The lowest BCUT2D eigenvalue weighted by molar-refractivity contribution is -0.138. The number of benzene rings is 1. The molecule has 0 aliphatic heterocycles. The summed E-state index contributed by atoms with van der Waals surface area (Å²) in [6, 6.07) is 12.4.